The van der Waals surface area contributed by atoms with Crippen molar-refractivity contribution in [2.45, 2.75) is 25.8 Å². The lowest BCUT2D eigenvalue weighted by Gasteiger charge is -2.12. The first kappa shape index (κ1) is 12.4. The molecule has 0 fully saturated rings. The number of hydrogen-bond donors (Lipinski definition) is 2. The molecule has 0 aliphatic heterocycles. The second-order valence-electron chi connectivity index (χ2n) is 3.06. The summed E-state index contributed by atoms with van der Waals surface area (Å²) in [4.78, 5) is 4.26. The van der Waals surface area contributed by atoms with Gasteiger partial charge in [0.2, 0.25) is 0 Å². The summed E-state index contributed by atoms with van der Waals surface area (Å²) < 4.78 is 1.68. The van der Waals surface area contributed by atoms with Crippen LogP contribution in [-0.2, 0) is 0 Å². The summed E-state index contributed by atoms with van der Waals surface area (Å²) in [5.74, 6) is 0.229. The van der Waals surface area contributed by atoms with Crippen LogP contribution in [0, 0.1) is 7.27 Å². The lowest BCUT2D eigenvalue weighted by molar-refractivity contribution is 0.447. The van der Waals surface area contributed by atoms with E-state index < -0.39 is 0 Å². The van der Waals surface area contributed by atoms with Crippen molar-refractivity contribution < 1.29 is 5.11 Å². The van der Waals surface area contributed by atoms with E-state index in [4.69, 9.17) is 5.73 Å². The molecule has 3 nitrogen and oxygen atoms in total. The fourth-order valence-corrected chi connectivity index (χ4v) is 2.94. The molecule has 0 aromatic carbocycles. The van der Waals surface area contributed by atoms with Crippen LogP contribution in [0.5, 0.6) is 5.75 Å². The van der Waals surface area contributed by atoms with Crippen molar-refractivity contribution in [3.8, 4) is 5.75 Å². The summed E-state index contributed by atoms with van der Waals surface area (Å²) in [6, 6.07) is 1.67. The van der Waals surface area contributed by atoms with Gasteiger partial charge in [-0.3, -0.25) is 0 Å². The van der Waals surface area contributed by atoms with Gasteiger partial charge in [0.25, 0.3) is 0 Å². The highest BCUT2D eigenvalue weighted by molar-refractivity contribution is 14.1. The first-order valence-electron chi connectivity index (χ1n) is 4.36. The van der Waals surface area contributed by atoms with Crippen LogP contribution in [0.25, 0.3) is 0 Å². The maximum absolute atomic E-state index is 9.77. The molecule has 0 amide bonds. The second kappa shape index (κ2) is 5.45. The number of nitrogens with two attached hydrogens (primary N) is 1. The molecule has 1 aromatic heterocycles. The van der Waals surface area contributed by atoms with E-state index >= 15 is 0 Å². The molecule has 0 saturated carbocycles. The van der Waals surface area contributed by atoms with Crippen molar-refractivity contribution in [2.24, 2.45) is 5.73 Å². The minimum Gasteiger partial charge on any atom is -0.505 e. The molecule has 0 aliphatic carbocycles. The van der Waals surface area contributed by atoms with Crippen molar-refractivity contribution >= 4 is 45.2 Å². The molecule has 1 atom stereocenters. The number of halogens is 2. The predicted octanol–water partition coefficient (Wildman–Crippen LogP) is 2.80. The Kier molecular flexibility index (Phi) is 4.84. The van der Waals surface area contributed by atoms with E-state index in [1.165, 1.54) is 0 Å². The highest BCUT2D eigenvalue weighted by Gasteiger charge is 2.15. The Hall–Kier alpha value is 0.370. The number of nitrogens with zero attached hydrogens (tertiary/aromatic N) is 1. The smallest absolute Gasteiger partial charge is 0.152 e. The zero-order valence-corrected chi connectivity index (χ0v) is 12.1. The second-order valence-corrected chi connectivity index (χ2v) is 5.32. The molecular weight excluding hydrogens is 406 g/mol. The van der Waals surface area contributed by atoms with Gasteiger partial charge in [-0.2, -0.15) is 0 Å². The van der Waals surface area contributed by atoms with Crippen LogP contribution in [0.4, 0.5) is 0 Å². The van der Waals surface area contributed by atoms with Crippen molar-refractivity contribution in [1.82, 2.24) is 4.98 Å². The number of hydrogen-bond acceptors (Lipinski definition) is 3. The van der Waals surface area contributed by atoms with Crippen LogP contribution in [0.3, 0.4) is 0 Å². The molecule has 0 bridgehead atoms. The maximum atomic E-state index is 9.77. The summed E-state index contributed by atoms with van der Waals surface area (Å²) in [5.41, 5.74) is 6.53. The van der Waals surface area contributed by atoms with Gasteiger partial charge < -0.3 is 10.8 Å². The van der Waals surface area contributed by atoms with Gasteiger partial charge in [-0.1, -0.05) is 13.3 Å². The van der Waals surface area contributed by atoms with Crippen molar-refractivity contribution in [3.63, 3.8) is 0 Å². The van der Waals surface area contributed by atoms with Crippen LogP contribution in [0.15, 0.2) is 6.07 Å². The molecule has 5 heteroatoms. The minimum absolute atomic E-state index is 0.164. The van der Waals surface area contributed by atoms with E-state index in [0.29, 0.717) is 5.69 Å². The Balaban J connectivity index is 3.07. The van der Waals surface area contributed by atoms with Gasteiger partial charge in [0.15, 0.2) is 5.75 Å². The van der Waals surface area contributed by atoms with E-state index in [2.05, 4.69) is 57.1 Å². The Bertz CT molecular complexity index is 331. The molecule has 1 aromatic rings. The van der Waals surface area contributed by atoms with Crippen LogP contribution in [-0.4, -0.2) is 10.1 Å². The number of aromatic nitrogens is 1. The monoisotopic (exact) mass is 418 g/mol. The summed E-state index contributed by atoms with van der Waals surface area (Å²) in [5, 5.41) is 9.77. The molecule has 0 aliphatic rings. The van der Waals surface area contributed by atoms with Crippen LogP contribution >= 0.6 is 45.2 Å². The summed E-state index contributed by atoms with van der Waals surface area (Å²) >= 11 is 4.21. The highest BCUT2D eigenvalue weighted by atomic mass is 127. The van der Waals surface area contributed by atoms with Gasteiger partial charge in [0.05, 0.1) is 9.61 Å². The fraction of sp³-hybridized carbons (Fsp3) is 0.444. The van der Waals surface area contributed by atoms with Crippen LogP contribution < -0.4 is 5.73 Å². The molecule has 0 spiro atoms. The minimum atomic E-state index is -0.164. The number of aromatic hydroxyl groups is 1. The molecule has 0 radical (unpaired) electrons. The van der Waals surface area contributed by atoms with Gasteiger partial charge in [-0.25, -0.2) is 4.98 Å². The van der Waals surface area contributed by atoms with Gasteiger partial charge in [-0.15, -0.1) is 0 Å². The number of rotatable bonds is 3. The fourth-order valence-electron chi connectivity index (χ4n) is 1.20. The van der Waals surface area contributed by atoms with E-state index in [0.717, 1.165) is 20.1 Å². The molecule has 14 heavy (non-hydrogen) atoms. The van der Waals surface area contributed by atoms with Crippen LogP contribution in [0.2, 0.25) is 0 Å². The Labute approximate surface area is 111 Å². The molecule has 78 valence electrons. The first-order chi connectivity index (χ1) is 6.56. The van der Waals surface area contributed by atoms with Gasteiger partial charge in [-0.05, 0) is 57.7 Å². The molecule has 1 heterocycles. The first-order valence-corrected chi connectivity index (χ1v) is 6.52. The summed E-state index contributed by atoms with van der Waals surface area (Å²) in [6.45, 7) is 2.07. The van der Waals surface area contributed by atoms with Crippen molar-refractivity contribution in [1.29, 1.82) is 0 Å². The standard InChI is InChI=1S/C9H12I2N2O/c1-2-3-6(12)8-9(14)5(10)4-7(11)13-8/h4,6,14H,2-3,12H2,1H3. The van der Waals surface area contributed by atoms with E-state index in [1.54, 1.807) is 0 Å². The quantitative estimate of drug-likeness (QED) is 0.587. The average molecular weight is 418 g/mol. The van der Waals surface area contributed by atoms with E-state index in [9.17, 15) is 5.11 Å². The van der Waals surface area contributed by atoms with Crippen LogP contribution in [0.1, 0.15) is 31.5 Å². The highest BCUT2D eigenvalue weighted by Crippen LogP contribution is 2.29. The SMILES string of the molecule is CCCC(N)c1nc(I)cc(I)c1O. The summed E-state index contributed by atoms with van der Waals surface area (Å²) in [6.07, 6.45) is 1.83. The predicted molar refractivity (Wildman–Crippen MR) is 73.2 cm³/mol. The lowest BCUT2D eigenvalue weighted by atomic mass is 10.1. The van der Waals surface area contributed by atoms with Gasteiger partial charge in [0, 0.05) is 0 Å². The molecule has 0 saturated heterocycles. The molecule has 3 N–H and O–H groups in total. The zero-order valence-electron chi connectivity index (χ0n) is 7.80. The zero-order chi connectivity index (χ0) is 10.7. The summed E-state index contributed by atoms with van der Waals surface area (Å²) in [7, 11) is 0. The lowest BCUT2D eigenvalue weighted by Crippen LogP contribution is -2.13. The third-order valence-corrected chi connectivity index (χ3v) is 3.27. The van der Waals surface area contributed by atoms with E-state index in [1.807, 2.05) is 6.07 Å². The average Bonchev–Trinajstić information content (AvgIpc) is 2.11. The molecule has 1 rings (SSSR count). The number of pyridine rings is 1. The topological polar surface area (TPSA) is 59.1 Å². The molecular formula is C9H12I2N2O. The van der Waals surface area contributed by atoms with Crippen molar-refractivity contribution in [2.75, 3.05) is 0 Å². The third kappa shape index (κ3) is 2.93. The Morgan fingerprint density at radius 1 is 1.57 bits per heavy atom. The maximum Gasteiger partial charge on any atom is 0.152 e. The third-order valence-electron chi connectivity index (χ3n) is 1.89. The Morgan fingerprint density at radius 3 is 2.79 bits per heavy atom. The van der Waals surface area contributed by atoms with Gasteiger partial charge >= 0.3 is 0 Å². The van der Waals surface area contributed by atoms with Crippen molar-refractivity contribution in [3.05, 3.63) is 19.0 Å². The Morgan fingerprint density at radius 2 is 2.21 bits per heavy atom. The van der Waals surface area contributed by atoms with Gasteiger partial charge in [0.1, 0.15) is 9.39 Å². The largest absolute Gasteiger partial charge is 0.505 e. The normalized spacial score (nSPS) is 12.9. The molecule has 1 unspecified atom stereocenters. The van der Waals surface area contributed by atoms with E-state index in [-0.39, 0.29) is 11.8 Å².